The van der Waals surface area contributed by atoms with Crippen molar-refractivity contribution in [1.29, 1.82) is 0 Å². The molecule has 152 valence electrons. The molecule has 0 bridgehead atoms. The third-order valence-corrected chi connectivity index (χ3v) is 5.47. The van der Waals surface area contributed by atoms with Crippen LogP contribution in [0.25, 0.3) is 33.3 Å². The summed E-state index contributed by atoms with van der Waals surface area (Å²) in [6.07, 6.45) is 1.59. The largest absolute Gasteiger partial charge is 0.504 e. The zero-order valence-corrected chi connectivity index (χ0v) is 18.1. The molecule has 0 unspecified atom stereocenters. The predicted octanol–water partition coefficient (Wildman–Crippen LogP) is 6.88. The standard InChI is InChI=1S/C25H17BrN2O3/c1-30-23-12-19(26)11-18(24(23)29)14-27-20-8-9-22-21(13-20)28-25(31-22)17-7-6-15-4-2-3-5-16(15)10-17/h2-14,29H,1H3. The summed E-state index contributed by atoms with van der Waals surface area (Å²) in [5, 5.41) is 12.6. The average molecular weight is 473 g/mol. The quantitative estimate of drug-likeness (QED) is 0.289. The third-order valence-electron chi connectivity index (χ3n) is 5.01. The van der Waals surface area contributed by atoms with Gasteiger partial charge in [0, 0.05) is 21.8 Å². The number of benzene rings is 4. The fourth-order valence-electron chi connectivity index (χ4n) is 3.43. The van der Waals surface area contributed by atoms with Crippen LogP contribution in [0.3, 0.4) is 0 Å². The summed E-state index contributed by atoms with van der Waals surface area (Å²) in [6.45, 7) is 0. The van der Waals surface area contributed by atoms with Crippen molar-refractivity contribution < 1.29 is 14.3 Å². The van der Waals surface area contributed by atoms with Crippen LogP contribution in [0, 0.1) is 0 Å². The Balaban J connectivity index is 1.48. The molecule has 0 radical (unpaired) electrons. The number of aliphatic imine (C=N–C) groups is 1. The smallest absolute Gasteiger partial charge is 0.227 e. The number of halogens is 1. The normalized spacial score (nSPS) is 11.5. The molecule has 0 aliphatic heterocycles. The van der Waals surface area contributed by atoms with E-state index in [1.807, 2.05) is 36.4 Å². The number of methoxy groups -OCH3 is 1. The Kier molecular flexibility index (Phi) is 4.92. The molecule has 5 rings (SSSR count). The van der Waals surface area contributed by atoms with Crippen LogP contribution in [0.4, 0.5) is 5.69 Å². The van der Waals surface area contributed by atoms with E-state index in [-0.39, 0.29) is 5.75 Å². The van der Waals surface area contributed by atoms with Gasteiger partial charge in [-0.15, -0.1) is 0 Å². The van der Waals surface area contributed by atoms with Gasteiger partial charge in [0.2, 0.25) is 5.89 Å². The molecule has 1 N–H and O–H groups in total. The number of hydrogen-bond donors (Lipinski definition) is 1. The lowest BCUT2D eigenvalue weighted by molar-refractivity contribution is 0.373. The number of rotatable bonds is 4. The lowest BCUT2D eigenvalue weighted by Gasteiger charge is -2.06. The Morgan fingerprint density at radius 2 is 1.84 bits per heavy atom. The van der Waals surface area contributed by atoms with E-state index in [0.717, 1.165) is 15.4 Å². The number of hydrogen-bond acceptors (Lipinski definition) is 5. The van der Waals surface area contributed by atoms with E-state index in [0.29, 0.717) is 34.0 Å². The lowest BCUT2D eigenvalue weighted by atomic mass is 10.1. The van der Waals surface area contributed by atoms with Gasteiger partial charge in [0.15, 0.2) is 17.1 Å². The highest BCUT2D eigenvalue weighted by Crippen LogP contribution is 2.33. The second-order valence-electron chi connectivity index (χ2n) is 7.04. The van der Waals surface area contributed by atoms with Crippen molar-refractivity contribution in [2.75, 3.05) is 7.11 Å². The van der Waals surface area contributed by atoms with Gasteiger partial charge in [0.25, 0.3) is 0 Å². The Hall–Kier alpha value is -3.64. The van der Waals surface area contributed by atoms with Crippen LogP contribution in [0.15, 0.2) is 86.7 Å². The molecule has 6 heteroatoms. The molecule has 4 aromatic carbocycles. The van der Waals surface area contributed by atoms with E-state index in [1.54, 1.807) is 18.3 Å². The maximum atomic E-state index is 10.3. The maximum Gasteiger partial charge on any atom is 0.227 e. The Bertz CT molecular complexity index is 1460. The van der Waals surface area contributed by atoms with E-state index in [4.69, 9.17) is 9.15 Å². The molecule has 5 nitrogen and oxygen atoms in total. The zero-order valence-electron chi connectivity index (χ0n) is 16.5. The lowest BCUT2D eigenvalue weighted by Crippen LogP contribution is -1.89. The first-order valence-electron chi connectivity index (χ1n) is 9.61. The van der Waals surface area contributed by atoms with Gasteiger partial charge in [-0.05, 0) is 53.2 Å². The number of fused-ring (bicyclic) bond motifs is 2. The van der Waals surface area contributed by atoms with Gasteiger partial charge < -0.3 is 14.3 Å². The molecule has 31 heavy (non-hydrogen) atoms. The summed E-state index contributed by atoms with van der Waals surface area (Å²) in [4.78, 5) is 9.13. The first-order chi connectivity index (χ1) is 15.1. The fourth-order valence-corrected chi connectivity index (χ4v) is 3.89. The molecule has 0 saturated carbocycles. The summed E-state index contributed by atoms with van der Waals surface area (Å²) >= 11 is 3.41. The molecule has 0 aliphatic rings. The van der Waals surface area contributed by atoms with Gasteiger partial charge in [0.05, 0.1) is 12.8 Å². The SMILES string of the molecule is COc1cc(Br)cc(C=Nc2ccc3oc(-c4ccc5ccccc5c4)nc3c2)c1O. The number of nitrogens with zero attached hydrogens (tertiary/aromatic N) is 2. The molecule has 0 spiro atoms. The number of oxazole rings is 1. The summed E-state index contributed by atoms with van der Waals surface area (Å²) in [5.74, 6) is 0.981. The van der Waals surface area contributed by atoms with Crippen LogP contribution in [0.2, 0.25) is 0 Å². The van der Waals surface area contributed by atoms with Gasteiger partial charge in [0.1, 0.15) is 5.52 Å². The maximum absolute atomic E-state index is 10.3. The first kappa shape index (κ1) is 19.3. The van der Waals surface area contributed by atoms with E-state index in [2.05, 4.69) is 50.2 Å². The van der Waals surface area contributed by atoms with Gasteiger partial charge >= 0.3 is 0 Å². The Morgan fingerprint density at radius 3 is 2.68 bits per heavy atom. The van der Waals surface area contributed by atoms with Crippen LogP contribution in [-0.2, 0) is 0 Å². The number of phenols is 1. The first-order valence-corrected chi connectivity index (χ1v) is 10.4. The molecule has 1 aromatic heterocycles. The van der Waals surface area contributed by atoms with Crippen molar-refractivity contribution in [3.8, 4) is 23.0 Å². The minimum atomic E-state index is 0.0376. The molecule has 0 atom stereocenters. The third kappa shape index (κ3) is 3.78. The van der Waals surface area contributed by atoms with E-state index in [9.17, 15) is 5.11 Å². The number of aromatic hydroxyl groups is 1. The highest BCUT2D eigenvalue weighted by molar-refractivity contribution is 9.10. The molecule has 0 amide bonds. The second kappa shape index (κ2) is 7.89. The molecular formula is C25H17BrN2O3. The van der Waals surface area contributed by atoms with E-state index in [1.165, 1.54) is 12.5 Å². The van der Waals surface area contributed by atoms with Crippen LogP contribution in [-0.4, -0.2) is 23.4 Å². The van der Waals surface area contributed by atoms with Crippen LogP contribution >= 0.6 is 15.9 Å². The van der Waals surface area contributed by atoms with Crippen molar-refractivity contribution in [3.63, 3.8) is 0 Å². The summed E-state index contributed by atoms with van der Waals surface area (Å²) in [7, 11) is 1.51. The summed E-state index contributed by atoms with van der Waals surface area (Å²) < 4.78 is 11.9. The monoisotopic (exact) mass is 472 g/mol. The molecule has 1 heterocycles. The minimum absolute atomic E-state index is 0.0376. The van der Waals surface area contributed by atoms with E-state index >= 15 is 0 Å². The summed E-state index contributed by atoms with van der Waals surface area (Å²) in [6, 6.07) is 23.3. The predicted molar refractivity (Wildman–Crippen MR) is 127 cm³/mol. The fraction of sp³-hybridized carbons (Fsp3) is 0.0400. The van der Waals surface area contributed by atoms with E-state index < -0.39 is 0 Å². The molecule has 5 aromatic rings. The van der Waals surface area contributed by atoms with Gasteiger partial charge in [-0.2, -0.15) is 0 Å². The summed E-state index contributed by atoms with van der Waals surface area (Å²) in [5.41, 5.74) is 3.57. The second-order valence-corrected chi connectivity index (χ2v) is 7.95. The van der Waals surface area contributed by atoms with Gasteiger partial charge in [-0.25, -0.2) is 4.98 Å². The van der Waals surface area contributed by atoms with Crippen molar-refractivity contribution in [2.24, 2.45) is 4.99 Å². The van der Waals surface area contributed by atoms with Gasteiger partial charge in [-0.1, -0.05) is 46.3 Å². The van der Waals surface area contributed by atoms with Crippen LogP contribution < -0.4 is 4.74 Å². The van der Waals surface area contributed by atoms with Crippen LogP contribution in [0.1, 0.15) is 5.56 Å². The highest BCUT2D eigenvalue weighted by atomic mass is 79.9. The van der Waals surface area contributed by atoms with Crippen molar-refractivity contribution >= 4 is 49.7 Å². The molecule has 0 fully saturated rings. The number of ether oxygens (including phenoxy) is 1. The topological polar surface area (TPSA) is 67.9 Å². The van der Waals surface area contributed by atoms with Gasteiger partial charge in [-0.3, -0.25) is 4.99 Å². The Labute approximate surface area is 186 Å². The van der Waals surface area contributed by atoms with Crippen molar-refractivity contribution in [3.05, 3.63) is 82.8 Å². The number of aromatic nitrogens is 1. The number of phenolic OH excluding ortho intramolecular Hbond substituents is 1. The molecular weight excluding hydrogens is 456 g/mol. The minimum Gasteiger partial charge on any atom is -0.504 e. The average Bonchev–Trinajstić information content (AvgIpc) is 3.22. The van der Waals surface area contributed by atoms with Crippen LogP contribution in [0.5, 0.6) is 11.5 Å². The Morgan fingerprint density at radius 1 is 1.00 bits per heavy atom. The zero-order chi connectivity index (χ0) is 21.4. The van der Waals surface area contributed by atoms with Crippen molar-refractivity contribution in [2.45, 2.75) is 0 Å². The molecule has 0 aliphatic carbocycles. The molecule has 0 saturated heterocycles. The van der Waals surface area contributed by atoms with Crippen molar-refractivity contribution in [1.82, 2.24) is 4.98 Å². The highest BCUT2D eigenvalue weighted by Gasteiger charge is 2.11.